The van der Waals surface area contributed by atoms with Crippen LogP contribution in [-0.4, -0.2) is 22.2 Å². The second-order valence-corrected chi connectivity index (χ2v) is 10.3. The molecule has 0 aromatic carbocycles. The standard InChI is InChI=1S/C27H46O4/c28-24(29)26(20-14-15-21-26)18-12-10-8-6-4-2-1-3-5-7-9-11-13-19-27(25(30)31)22-16-17-23-27/h1-2H,3-23H2,(H,28,29)(H,30,31)/b2-1-. The lowest BCUT2D eigenvalue weighted by Crippen LogP contribution is -2.27. The Bertz CT molecular complexity index is 554. The van der Waals surface area contributed by atoms with Crippen molar-refractivity contribution in [2.75, 3.05) is 0 Å². The lowest BCUT2D eigenvalue weighted by atomic mass is 9.81. The molecule has 0 bridgehead atoms. The first-order valence-electron chi connectivity index (χ1n) is 13.1. The highest BCUT2D eigenvalue weighted by molar-refractivity contribution is 5.75. The van der Waals surface area contributed by atoms with Crippen LogP contribution in [0.25, 0.3) is 0 Å². The topological polar surface area (TPSA) is 74.6 Å². The summed E-state index contributed by atoms with van der Waals surface area (Å²) < 4.78 is 0. The number of carboxylic acids is 2. The van der Waals surface area contributed by atoms with Crippen molar-refractivity contribution in [3.05, 3.63) is 12.2 Å². The van der Waals surface area contributed by atoms with E-state index < -0.39 is 22.8 Å². The summed E-state index contributed by atoms with van der Waals surface area (Å²) in [6.07, 6.45) is 27.1. The number of rotatable bonds is 17. The zero-order valence-electron chi connectivity index (χ0n) is 19.7. The first-order chi connectivity index (χ1) is 15.0. The largest absolute Gasteiger partial charge is 0.481 e. The molecule has 0 radical (unpaired) electrons. The van der Waals surface area contributed by atoms with Gasteiger partial charge in [0.2, 0.25) is 0 Å². The molecule has 2 N–H and O–H groups in total. The van der Waals surface area contributed by atoms with Gasteiger partial charge in [0.25, 0.3) is 0 Å². The van der Waals surface area contributed by atoms with Crippen LogP contribution in [0.15, 0.2) is 12.2 Å². The summed E-state index contributed by atoms with van der Waals surface area (Å²) in [4.78, 5) is 23.1. The Labute approximate surface area is 189 Å². The highest BCUT2D eigenvalue weighted by Gasteiger charge is 2.41. The molecule has 4 heteroatoms. The average molecular weight is 435 g/mol. The predicted molar refractivity (Wildman–Crippen MR) is 126 cm³/mol. The normalized spacial score (nSPS) is 19.9. The van der Waals surface area contributed by atoms with Gasteiger partial charge < -0.3 is 10.2 Å². The lowest BCUT2D eigenvalue weighted by Gasteiger charge is -2.23. The monoisotopic (exact) mass is 434 g/mol. The number of hydrogen-bond donors (Lipinski definition) is 2. The molecule has 0 aliphatic heterocycles. The minimum absolute atomic E-state index is 0.392. The van der Waals surface area contributed by atoms with E-state index >= 15 is 0 Å². The summed E-state index contributed by atoms with van der Waals surface area (Å²) in [5.74, 6) is -1.13. The van der Waals surface area contributed by atoms with Gasteiger partial charge in [-0.05, 0) is 64.2 Å². The van der Waals surface area contributed by atoms with E-state index in [9.17, 15) is 19.8 Å². The van der Waals surface area contributed by atoms with Gasteiger partial charge in [-0.2, -0.15) is 0 Å². The summed E-state index contributed by atoms with van der Waals surface area (Å²) in [7, 11) is 0. The van der Waals surface area contributed by atoms with Crippen molar-refractivity contribution in [3.63, 3.8) is 0 Å². The SMILES string of the molecule is O=C(O)C1(CCCCCC/C=C\CCCCCCCC2(C(=O)O)CCCC2)CCCC1. The van der Waals surface area contributed by atoms with E-state index in [1.165, 1.54) is 38.5 Å². The molecule has 2 saturated carbocycles. The van der Waals surface area contributed by atoms with Crippen LogP contribution in [0.2, 0.25) is 0 Å². The van der Waals surface area contributed by atoms with Gasteiger partial charge in [-0.1, -0.05) is 82.8 Å². The molecule has 2 aliphatic rings. The maximum absolute atomic E-state index is 11.6. The van der Waals surface area contributed by atoms with Crippen LogP contribution >= 0.6 is 0 Å². The van der Waals surface area contributed by atoms with Crippen molar-refractivity contribution in [3.8, 4) is 0 Å². The summed E-state index contributed by atoms with van der Waals surface area (Å²) in [6.45, 7) is 0. The fourth-order valence-corrected chi connectivity index (χ4v) is 5.82. The van der Waals surface area contributed by atoms with Gasteiger partial charge in [0.1, 0.15) is 0 Å². The molecule has 31 heavy (non-hydrogen) atoms. The van der Waals surface area contributed by atoms with E-state index in [1.807, 2.05) is 0 Å². The number of unbranched alkanes of at least 4 members (excludes halogenated alkanes) is 9. The van der Waals surface area contributed by atoms with Crippen molar-refractivity contribution in [1.29, 1.82) is 0 Å². The molecule has 0 aromatic rings. The molecule has 2 fully saturated rings. The summed E-state index contributed by atoms with van der Waals surface area (Å²) in [5.41, 5.74) is -0.787. The first-order valence-corrected chi connectivity index (χ1v) is 13.1. The predicted octanol–water partition coefficient (Wildman–Crippen LogP) is 7.90. The van der Waals surface area contributed by atoms with Gasteiger partial charge in [-0.25, -0.2) is 0 Å². The third-order valence-corrected chi connectivity index (χ3v) is 8.00. The molecule has 0 unspecified atom stereocenters. The van der Waals surface area contributed by atoms with Crippen molar-refractivity contribution in [1.82, 2.24) is 0 Å². The smallest absolute Gasteiger partial charge is 0.309 e. The molecule has 0 amide bonds. The van der Waals surface area contributed by atoms with E-state index in [4.69, 9.17) is 0 Å². The first kappa shape index (κ1) is 25.9. The average Bonchev–Trinajstić information content (AvgIpc) is 3.42. The van der Waals surface area contributed by atoms with Crippen LogP contribution in [0.5, 0.6) is 0 Å². The summed E-state index contributed by atoms with van der Waals surface area (Å²) in [6, 6.07) is 0. The number of hydrogen-bond acceptors (Lipinski definition) is 2. The minimum Gasteiger partial charge on any atom is -0.481 e. The number of carbonyl (C=O) groups is 2. The summed E-state index contributed by atoms with van der Waals surface area (Å²) in [5, 5.41) is 19.0. The highest BCUT2D eigenvalue weighted by Crippen LogP contribution is 2.43. The number of aliphatic carboxylic acids is 2. The van der Waals surface area contributed by atoms with Gasteiger partial charge in [0, 0.05) is 0 Å². The molecule has 2 rings (SSSR count). The zero-order valence-corrected chi connectivity index (χ0v) is 19.7. The van der Waals surface area contributed by atoms with Gasteiger partial charge in [-0.3, -0.25) is 9.59 Å². The molecule has 0 saturated heterocycles. The van der Waals surface area contributed by atoms with E-state index in [-0.39, 0.29) is 0 Å². The molecule has 4 nitrogen and oxygen atoms in total. The quantitative estimate of drug-likeness (QED) is 0.180. The van der Waals surface area contributed by atoms with Crippen LogP contribution in [0.4, 0.5) is 0 Å². The Balaban J connectivity index is 1.37. The van der Waals surface area contributed by atoms with Crippen LogP contribution in [-0.2, 0) is 9.59 Å². The molecule has 0 aromatic heterocycles. The van der Waals surface area contributed by atoms with Crippen LogP contribution < -0.4 is 0 Å². The van der Waals surface area contributed by atoms with Gasteiger partial charge >= 0.3 is 11.9 Å². The van der Waals surface area contributed by atoms with Crippen molar-refractivity contribution in [2.45, 2.75) is 135 Å². The zero-order chi connectivity index (χ0) is 22.4. The van der Waals surface area contributed by atoms with Crippen molar-refractivity contribution < 1.29 is 19.8 Å². The Kier molecular flexibility index (Phi) is 11.7. The van der Waals surface area contributed by atoms with E-state index in [0.29, 0.717) is 0 Å². The van der Waals surface area contributed by atoms with E-state index in [2.05, 4.69) is 12.2 Å². The second kappa shape index (κ2) is 14.0. The molecule has 2 aliphatic carbocycles. The number of carboxylic acid groups (broad SMARTS) is 2. The third-order valence-electron chi connectivity index (χ3n) is 8.00. The Morgan fingerprint density at radius 3 is 1.23 bits per heavy atom. The Morgan fingerprint density at radius 1 is 0.548 bits per heavy atom. The maximum Gasteiger partial charge on any atom is 0.309 e. The van der Waals surface area contributed by atoms with Crippen LogP contribution in [0.3, 0.4) is 0 Å². The van der Waals surface area contributed by atoms with E-state index in [1.54, 1.807) is 0 Å². The van der Waals surface area contributed by atoms with Crippen molar-refractivity contribution in [2.24, 2.45) is 10.8 Å². The van der Waals surface area contributed by atoms with Crippen molar-refractivity contribution >= 4 is 11.9 Å². The molecule has 178 valence electrons. The minimum atomic E-state index is -0.564. The Hall–Kier alpha value is -1.32. The fraction of sp³-hybridized carbons (Fsp3) is 0.852. The molecular formula is C27H46O4. The van der Waals surface area contributed by atoms with Gasteiger partial charge in [0.15, 0.2) is 0 Å². The van der Waals surface area contributed by atoms with E-state index in [0.717, 1.165) is 96.3 Å². The molecule has 0 atom stereocenters. The van der Waals surface area contributed by atoms with Gasteiger partial charge in [0.05, 0.1) is 10.8 Å². The van der Waals surface area contributed by atoms with Crippen LogP contribution in [0, 0.1) is 10.8 Å². The maximum atomic E-state index is 11.6. The molecule has 0 spiro atoms. The fourth-order valence-electron chi connectivity index (χ4n) is 5.82. The summed E-state index contributed by atoms with van der Waals surface area (Å²) >= 11 is 0. The molecule has 0 heterocycles. The number of allylic oxidation sites excluding steroid dienone is 2. The highest BCUT2D eigenvalue weighted by atomic mass is 16.4. The third kappa shape index (κ3) is 8.61. The Morgan fingerprint density at radius 2 is 0.871 bits per heavy atom. The van der Waals surface area contributed by atoms with Crippen LogP contribution in [0.1, 0.15) is 135 Å². The lowest BCUT2D eigenvalue weighted by molar-refractivity contribution is -0.150. The second-order valence-electron chi connectivity index (χ2n) is 10.3. The van der Waals surface area contributed by atoms with Gasteiger partial charge in [-0.15, -0.1) is 0 Å². The molecular weight excluding hydrogens is 388 g/mol.